The van der Waals surface area contributed by atoms with Gasteiger partial charge in [0.05, 0.1) is 0 Å². The Balaban J connectivity index is 1.40. The first-order chi connectivity index (χ1) is 11.7. The van der Waals surface area contributed by atoms with Gasteiger partial charge in [-0.2, -0.15) is 0 Å². The summed E-state index contributed by atoms with van der Waals surface area (Å²) in [4.78, 5) is 16.7. The second-order valence-corrected chi connectivity index (χ2v) is 6.16. The highest BCUT2D eigenvalue weighted by atomic mass is 16.5. The van der Waals surface area contributed by atoms with E-state index in [0.29, 0.717) is 6.61 Å². The van der Waals surface area contributed by atoms with Gasteiger partial charge in [0.2, 0.25) is 0 Å². The number of amides is 1. The molecule has 0 atom stereocenters. The van der Waals surface area contributed by atoms with Crippen molar-refractivity contribution in [1.29, 1.82) is 0 Å². The molecule has 0 saturated carbocycles. The molecule has 24 heavy (non-hydrogen) atoms. The Morgan fingerprint density at radius 2 is 1.62 bits per heavy atom. The zero-order valence-electron chi connectivity index (χ0n) is 14.1. The van der Waals surface area contributed by atoms with Crippen LogP contribution >= 0.6 is 0 Å². The first-order valence-electron chi connectivity index (χ1n) is 8.48. The molecular weight excluding hydrogens is 300 g/mol. The van der Waals surface area contributed by atoms with E-state index < -0.39 is 0 Å². The van der Waals surface area contributed by atoms with Crippen molar-refractivity contribution < 1.29 is 9.53 Å². The number of carbonyl (C=O) groups is 1. The summed E-state index contributed by atoms with van der Waals surface area (Å²) in [6.07, 6.45) is 0. The first kappa shape index (κ1) is 16.5. The van der Waals surface area contributed by atoms with Crippen LogP contribution in [0.1, 0.15) is 15.9 Å². The summed E-state index contributed by atoms with van der Waals surface area (Å²) in [5, 5.41) is 0. The molecule has 1 fully saturated rings. The molecule has 0 aromatic heterocycles. The molecule has 1 aliphatic rings. The smallest absolute Gasteiger partial charge is 0.253 e. The van der Waals surface area contributed by atoms with E-state index in [1.165, 1.54) is 5.56 Å². The highest BCUT2D eigenvalue weighted by molar-refractivity contribution is 5.94. The van der Waals surface area contributed by atoms with E-state index >= 15 is 0 Å². The molecule has 4 heteroatoms. The Morgan fingerprint density at radius 3 is 2.29 bits per heavy atom. The Labute approximate surface area is 143 Å². The van der Waals surface area contributed by atoms with Crippen LogP contribution in [-0.4, -0.2) is 55.0 Å². The molecule has 0 unspecified atom stereocenters. The summed E-state index contributed by atoms with van der Waals surface area (Å²) in [5.74, 6) is 1.05. The van der Waals surface area contributed by atoms with Crippen molar-refractivity contribution in [2.75, 3.05) is 39.3 Å². The van der Waals surface area contributed by atoms with Gasteiger partial charge in [-0.25, -0.2) is 0 Å². The monoisotopic (exact) mass is 324 g/mol. The Hall–Kier alpha value is -2.33. The average Bonchev–Trinajstić information content (AvgIpc) is 2.64. The molecule has 1 amide bonds. The van der Waals surface area contributed by atoms with E-state index in [2.05, 4.69) is 24.0 Å². The van der Waals surface area contributed by atoms with E-state index in [1.807, 2.05) is 47.4 Å². The van der Waals surface area contributed by atoms with Gasteiger partial charge in [0.15, 0.2) is 0 Å². The quantitative estimate of drug-likeness (QED) is 0.848. The van der Waals surface area contributed by atoms with Crippen LogP contribution in [-0.2, 0) is 0 Å². The minimum absolute atomic E-state index is 0.131. The lowest BCUT2D eigenvalue weighted by Crippen LogP contribution is -2.49. The van der Waals surface area contributed by atoms with Crippen LogP contribution < -0.4 is 4.74 Å². The van der Waals surface area contributed by atoms with E-state index in [0.717, 1.165) is 44.0 Å². The average molecular weight is 324 g/mol. The van der Waals surface area contributed by atoms with Crippen molar-refractivity contribution in [3.8, 4) is 5.75 Å². The minimum atomic E-state index is 0.131. The van der Waals surface area contributed by atoms with Crippen LogP contribution in [0, 0.1) is 6.92 Å². The van der Waals surface area contributed by atoms with Gasteiger partial charge in [0, 0.05) is 38.3 Å². The summed E-state index contributed by atoms with van der Waals surface area (Å²) in [6.45, 7) is 6.99. The molecule has 0 bridgehead atoms. The lowest BCUT2D eigenvalue weighted by molar-refractivity contribution is 0.0620. The third-order valence-electron chi connectivity index (χ3n) is 4.38. The summed E-state index contributed by atoms with van der Waals surface area (Å²) in [7, 11) is 0. The zero-order chi connectivity index (χ0) is 16.8. The molecule has 3 rings (SSSR count). The maximum Gasteiger partial charge on any atom is 0.253 e. The highest BCUT2D eigenvalue weighted by Crippen LogP contribution is 2.12. The summed E-state index contributed by atoms with van der Waals surface area (Å²) in [6, 6.07) is 17.6. The molecule has 2 aromatic carbocycles. The number of piperazine rings is 1. The van der Waals surface area contributed by atoms with Gasteiger partial charge in [-0.15, -0.1) is 0 Å². The predicted octanol–water partition coefficient (Wildman–Crippen LogP) is 2.83. The van der Waals surface area contributed by atoms with E-state index in [1.54, 1.807) is 0 Å². The van der Waals surface area contributed by atoms with E-state index in [-0.39, 0.29) is 5.91 Å². The molecule has 0 radical (unpaired) electrons. The van der Waals surface area contributed by atoms with Crippen molar-refractivity contribution >= 4 is 5.91 Å². The van der Waals surface area contributed by atoms with Crippen LogP contribution in [0.3, 0.4) is 0 Å². The van der Waals surface area contributed by atoms with Crippen molar-refractivity contribution in [3.63, 3.8) is 0 Å². The Bertz CT molecular complexity index is 647. The first-order valence-corrected chi connectivity index (χ1v) is 8.48. The molecule has 0 aliphatic carbocycles. The van der Waals surface area contributed by atoms with Crippen LogP contribution in [0.25, 0.3) is 0 Å². The number of aryl methyl sites for hydroxylation is 1. The van der Waals surface area contributed by atoms with Gasteiger partial charge in [-0.3, -0.25) is 9.69 Å². The topological polar surface area (TPSA) is 32.8 Å². The summed E-state index contributed by atoms with van der Waals surface area (Å²) in [5.41, 5.74) is 2.01. The number of carbonyl (C=O) groups excluding carboxylic acids is 1. The molecule has 4 nitrogen and oxygen atoms in total. The normalized spacial score (nSPS) is 15.3. The molecule has 126 valence electrons. The van der Waals surface area contributed by atoms with Gasteiger partial charge < -0.3 is 9.64 Å². The third-order valence-corrected chi connectivity index (χ3v) is 4.38. The van der Waals surface area contributed by atoms with Gasteiger partial charge >= 0.3 is 0 Å². The largest absolute Gasteiger partial charge is 0.492 e. The minimum Gasteiger partial charge on any atom is -0.492 e. The fourth-order valence-corrected chi connectivity index (χ4v) is 2.86. The predicted molar refractivity (Wildman–Crippen MR) is 95.5 cm³/mol. The lowest BCUT2D eigenvalue weighted by Gasteiger charge is -2.34. The van der Waals surface area contributed by atoms with Crippen LogP contribution in [0.2, 0.25) is 0 Å². The third kappa shape index (κ3) is 4.36. The fraction of sp³-hybridized carbons (Fsp3) is 0.350. The van der Waals surface area contributed by atoms with Crippen molar-refractivity contribution in [2.45, 2.75) is 6.92 Å². The lowest BCUT2D eigenvalue weighted by atomic mass is 10.2. The molecule has 1 aliphatic heterocycles. The molecule has 1 saturated heterocycles. The van der Waals surface area contributed by atoms with Crippen LogP contribution in [0.15, 0.2) is 54.6 Å². The van der Waals surface area contributed by atoms with Crippen LogP contribution in [0.4, 0.5) is 0 Å². The molecule has 1 heterocycles. The number of hydrogen-bond donors (Lipinski definition) is 0. The van der Waals surface area contributed by atoms with Gasteiger partial charge in [-0.05, 0) is 31.2 Å². The highest BCUT2D eigenvalue weighted by Gasteiger charge is 2.21. The molecule has 0 spiro atoms. The van der Waals surface area contributed by atoms with E-state index in [4.69, 9.17) is 4.74 Å². The van der Waals surface area contributed by atoms with Gasteiger partial charge in [0.25, 0.3) is 5.91 Å². The Kier molecular flexibility index (Phi) is 5.49. The zero-order valence-corrected chi connectivity index (χ0v) is 14.1. The maximum absolute atomic E-state index is 12.4. The standard InChI is InChI=1S/C20H24N2O2/c1-17-7-9-19(10-8-17)24-16-15-21-11-13-22(14-12-21)20(23)18-5-3-2-4-6-18/h2-10H,11-16H2,1H3. The maximum atomic E-state index is 12.4. The number of benzene rings is 2. The van der Waals surface area contributed by atoms with Crippen LogP contribution in [0.5, 0.6) is 5.75 Å². The number of nitrogens with zero attached hydrogens (tertiary/aromatic N) is 2. The molecule has 0 N–H and O–H groups in total. The second kappa shape index (κ2) is 7.97. The van der Waals surface area contributed by atoms with Crippen molar-refractivity contribution in [3.05, 3.63) is 65.7 Å². The Morgan fingerprint density at radius 1 is 0.958 bits per heavy atom. The number of hydrogen-bond acceptors (Lipinski definition) is 3. The summed E-state index contributed by atoms with van der Waals surface area (Å²) >= 11 is 0. The molecule has 2 aromatic rings. The van der Waals surface area contributed by atoms with E-state index in [9.17, 15) is 4.79 Å². The molecular formula is C20H24N2O2. The second-order valence-electron chi connectivity index (χ2n) is 6.16. The SMILES string of the molecule is Cc1ccc(OCCN2CCN(C(=O)c3ccccc3)CC2)cc1. The fourth-order valence-electron chi connectivity index (χ4n) is 2.86. The van der Waals surface area contributed by atoms with Crippen molar-refractivity contribution in [2.24, 2.45) is 0 Å². The van der Waals surface area contributed by atoms with Gasteiger partial charge in [-0.1, -0.05) is 35.9 Å². The number of rotatable bonds is 5. The van der Waals surface area contributed by atoms with Crippen molar-refractivity contribution in [1.82, 2.24) is 9.80 Å². The van der Waals surface area contributed by atoms with Gasteiger partial charge in [0.1, 0.15) is 12.4 Å². The number of ether oxygens (including phenoxy) is 1. The summed E-state index contributed by atoms with van der Waals surface area (Å²) < 4.78 is 5.79.